The van der Waals surface area contributed by atoms with E-state index < -0.39 is 23.6 Å². The molecule has 1 nitrogen and oxygen atoms in total. The second-order valence-electron chi connectivity index (χ2n) is 2.52. The first-order chi connectivity index (χ1) is 5.56. The molecule has 1 fully saturated rings. The predicted molar refractivity (Wildman–Crippen MR) is 25.7 cm³/mol. The molecule has 0 atom stereocenters. The Hall–Kier alpha value is -0.530. The smallest absolute Gasteiger partial charge is 0.340 e. The van der Waals surface area contributed by atoms with Crippen LogP contribution in [0.1, 0.15) is 0 Å². The van der Waals surface area contributed by atoms with Crippen molar-refractivity contribution in [2.24, 2.45) is 0 Å². The Morgan fingerprint density at radius 2 is 1.00 bits per heavy atom. The quantitative estimate of drug-likeness (QED) is 0.605. The normalized spacial score (nSPS) is 32.3. The van der Waals surface area contributed by atoms with Crippen LogP contribution in [0.25, 0.3) is 0 Å². The summed E-state index contributed by atoms with van der Waals surface area (Å²) < 4.78 is 88.0. The molecule has 0 saturated heterocycles. The van der Waals surface area contributed by atoms with E-state index in [0.29, 0.717) is 0 Å². The number of halogens is 7. The molecular formula is C5H3F7O. The molecule has 0 aromatic heterocycles. The van der Waals surface area contributed by atoms with Crippen LogP contribution in [0, 0.1) is 0 Å². The zero-order chi connectivity index (χ0) is 10.7. The molecule has 1 rings (SSSR count). The Bertz CT molecular complexity index is 217. The van der Waals surface area contributed by atoms with Gasteiger partial charge in [-0.3, -0.25) is 0 Å². The highest BCUT2D eigenvalue weighted by Gasteiger charge is 3.01. The molecule has 0 heterocycles. The van der Waals surface area contributed by atoms with Crippen LogP contribution in [-0.4, -0.2) is 30.7 Å². The topological polar surface area (TPSA) is 9.23 Å². The fraction of sp³-hybridized carbons (Fsp3) is 1.00. The van der Waals surface area contributed by atoms with Crippen LogP contribution in [0.3, 0.4) is 0 Å². The van der Waals surface area contributed by atoms with Gasteiger partial charge in [0.1, 0.15) is 0 Å². The molecule has 1 saturated carbocycles. The molecule has 0 spiro atoms. The van der Waals surface area contributed by atoms with Crippen LogP contribution in [0.4, 0.5) is 30.7 Å². The summed E-state index contributed by atoms with van der Waals surface area (Å²) in [6.07, 6.45) is 0. The van der Waals surface area contributed by atoms with Crippen molar-refractivity contribution in [1.82, 2.24) is 0 Å². The molecule has 1 aliphatic rings. The van der Waals surface area contributed by atoms with Gasteiger partial charge in [0, 0.05) is 7.11 Å². The summed E-state index contributed by atoms with van der Waals surface area (Å²) in [5, 5.41) is 0. The van der Waals surface area contributed by atoms with Crippen molar-refractivity contribution in [2.75, 3.05) is 7.11 Å². The summed E-state index contributed by atoms with van der Waals surface area (Å²) in [4.78, 5) is 0. The molecule has 0 aromatic carbocycles. The van der Waals surface area contributed by atoms with E-state index in [-0.39, 0.29) is 7.11 Å². The van der Waals surface area contributed by atoms with Gasteiger partial charge in [-0.1, -0.05) is 0 Å². The van der Waals surface area contributed by atoms with E-state index in [2.05, 4.69) is 4.74 Å². The van der Waals surface area contributed by atoms with E-state index >= 15 is 0 Å². The van der Waals surface area contributed by atoms with Crippen molar-refractivity contribution >= 4 is 0 Å². The van der Waals surface area contributed by atoms with Crippen LogP contribution >= 0.6 is 0 Å². The van der Waals surface area contributed by atoms with Crippen molar-refractivity contribution in [1.29, 1.82) is 0 Å². The number of rotatable bonds is 1. The van der Waals surface area contributed by atoms with Gasteiger partial charge in [-0.15, -0.1) is 0 Å². The second-order valence-corrected chi connectivity index (χ2v) is 2.52. The van der Waals surface area contributed by atoms with Gasteiger partial charge in [0.15, 0.2) is 0 Å². The Morgan fingerprint density at radius 1 is 0.692 bits per heavy atom. The van der Waals surface area contributed by atoms with E-state index in [1.165, 1.54) is 0 Å². The minimum Gasteiger partial charge on any atom is -0.340 e. The predicted octanol–water partition coefficient (Wildman–Crippen LogP) is 2.22. The van der Waals surface area contributed by atoms with Gasteiger partial charge in [0.25, 0.3) is 0 Å². The van der Waals surface area contributed by atoms with Crippen molar-refractivity contribution in [3.05, 3.63) is 0 Å². The van der Waals surface area contributed by atoms with Gasteiger partial charge in [0.05, 0.1) is 0 Å². The fourth-order valence-corrected chi connectivity index (χ4v) is 0.992. The maximum Gasteiger partial charge on any atom is 0.384 e. The van der Waals surface area contributed by atoms with Crippen molar-refractivity contribution in [3.63, 3.8) is 0 Å². The molecule has 0 amide bonds. The maximum atomic E-state index is 12.5. The molecule has 0 aliphatic heterocycles. The molecule has 78 valence electrons. The molecule has 13 heavy (non-hydrogen) atoms. The lowest BCUT2D eigenvalue weighted by molar-refractivity contribution is -0.528. The van der Waals surface area contributed by atoms with Crippen LogP contribution in [-0.2, 0) is 4.74 Å². The zero-order valence-corrected chi connectivity index (χ0v) is 6.05. The SMILES string of the molecule is COC1(F)C(F)(F)C(F)(F)C1(F)F. The lowest BCUT2D eigenvalue weighted by Crippen LogP contribution is -2.84. The number of hydrogen-bond donors (Lipinski definition) is 0. The number of ether oxygens (including phenoxy) is 1. The Kier molecular flexibility index (Phi) is 1.70. The highest BCUT2D eigenvalue weighted by Crippen LogP contribution is 2.68. The average Bonchev–Trinajstić information content (AvgIpc) is 2.00. The van der Waals surface area contributed by atoms with E-state index in [9.17, 15) is 30.7 Å². The largest absolute Gasteiger partial charge is 0.384 e. The van der Waals surface area contributed by atoms with E-state index in [1.807, 2.05) is 0 Å². The third-order valence-electron chi connectivity index (χ3n) is 1.88. The van der Waals surface area contributed by atoms with Crippen LogP contribution in [0.15, 0.2) is 0 Å². The minimum atomic E-state index is -5.72. The number of alkyl halides is 7. The second kappa shape index (κ2) is 2.10. The highest BCUT2D eigenvalue weighted by molar-refractivity contribution is 5.23. The lowest BCUT2D eigenvalue weighted by atomic mass is 9.78. The van der Waals surface area contributed by atoms with E-state index in [1.54, 1.807) is 0 Å². The first kappa shape index (κ1) is 10.6. The molecule has 0 N–H and O–H groups in total. The van der Waals surface area contributed by atoms with Crippen LogP contribution < -0.4 is 0 Å². The van der Waals surface area contributed by atoms with Crippen LogP contribution in [0.2, 0.25) is 0 Å². The maximum absolute atomic E-state index is 12.5. The first-order valence-corrected chi connectivity index (χ1v) is 2.94. The average molecular weight is 212 g/mol. The third kappa shape index (κ3) is 0.695. The number of methoxy groups -OCH3 is 1. The van der Waals surface area contributed by atoms with Crippen molar-refractivity contribution < 1.29 is 35.5 Å². The zero-order valence-electron chi connectivity index (χ0n) is 6.05. The lowest BCUT2D eigenvalue weighted by Gasteiger charge is -2.52. The van der Waals surface area contributed by atoms with Gasteiger partial charge >= 0.3 is 23.6 Å². The van der Waals surface area contributed by atoms with Gasteiger partial charge in [-0.2, -0.15) is 30.7 Å². The molecule has 0 bridgehead atoms. The standard InChI is InChI=1S/C5H3F7O/c1-13-5(12)3(8,9)2(6,7)4(5,10)11/h1H3. The Labute approximate surface area is 67.5 Å². The molecule has 8 heteroatoms. The summed E-state index contributed by atoms with van der Waals surface area (Å²) in [5.74, 6) is -21.7. The Morgan fingerprint density at radius 3 is 1.15 bits per heavy atom. The molecule has 0 radical (unpaired) electrons. The summed E-state index contributed by atoms with van der Waals surface area (Å²) in [6.45, 7) is 0. The monoisotopic (exact) mass is 212 g/mol. The van der Waals surface area contributed by atoms with Gasteiger partial charge < -0.3 is 4.74 Å². The van der Waals surface area contributed by atoms with Gasteiger partial charge in [-0.05, 0) is 0 Å². The molecule has 1 aliphatic carbocycles. The number of hydrogen-bond acceptors (Lipinski definition) is 1. The van der Waals surface area contributed by atoms with E-state index in [4.69, 9.17) is 0 Å². The Balaban J connectivity index is 3.18. The fourth-order valence-electron chi connectivity index (χ4n) is 0.992. The van der Waals surface area contributed by atoms with Gasteiger partial charge in [0.2, 0.25) is 0 Å². The van der Waals surface area contributed by atoms with Crippen molar-refractivity contribution in [3.8, 4) is 0 Å². The van der Waals surface area contributed by atoms with E-state index in [0.717, 1.165) is 0 Å². The highest BCUT2D eigenvalue weighted by atomic mass is 19.4. The van der Waals surface area contributed by atoms with Crippen LogP contribution in [0.5, 0.6) is 0 Å². The first-order valence-electron chi connectivity index (χ1n) is 2.94. The third-order valence-corrected chi connectivity index (χ3v) is 1.88. The molecule has 0 aromatic rings. The minimum absolute atomic E-state index is 0.164. The summed E-state index contributed by atoms with van der Waals surface area (Å²) in [6, 6.07) is 0. The summed E-state index contributed by atoms with van der Waals surface area (Å²) in [5.41, 5.74) is 0. The summed E-state index contributed by atoms with van der Waals surface area (Å²) >= 11 is 0. The molecule has 0 unspecified atom stereocenters. The summed E-state index contributed by atoms with van der Waals surface area (Å²) in [7, 11) is 0.164. The molecular weight excluding hydrogens is 209 g/mol. The van der Waals surface area contributed by atoms with Gasteiger partial charge in [-0.25, -0.2) is 0 Å². The van der Waals surface area contributed by atoms with Crippen molar-refractivity contribution in [2.45, 2.75) is 23.6 Å².